The van der Waals surface area contributed by atoms with E-state index >= 15 is 0 Å². The Morgan fingerprint density at radius 2 is 1.10 bits per heavy atom. The number of aliphatic carboxylic acids is 3. The number of anilines is 2. The van der Waals surface area contributed by atoms with Crippen LogP contribution in [0.1, 0.15) is 13.8 Å². The molecule has 210 valence electrons. The molecule has 14 heteroatoms. The van der Waals surface area contributed by atoms with Crippen LogP contribution in [0.25, 0.3) is 0 Å². The Balaban J connectivity index is 2.24. The summed E-state index contributed by atoms with van der Waals surface area (Å²) in [7, 11) is 0. The fraction of sp³-hybridized carbons (Fsp3) is 0.320. The maximum atomic E-state index is 12.2. The lowest BCUT2D eigenvalue weighted by atomic mass is 10.2. The van der Waals surface area contributed by atoms with E-state index in [-0.39, 0.29) is 22.9 Å². The molecule has 39 heavy (non-hydrogen) atoms. The molecule has 3 N–H and O–H groups in total. The van der Waals surface area contributed by atoms with Crippen LogP contribution in [0.15, 0.2) is 48.5 Å². The number of para-hydroxylation sites is 4. The zero-order valence-corrected chi connectivity index (χ0v) is 21.1. The van der Waals surface area contributed by atoms with Gasteiger partial charge in [0.1, 0.15) is 37.7 Å². The van der Waals surface area contributed by atoms with E-state index in [4.69, 9.17) is 14.2 Å². The predicted octanol–water partition coefficient (Wildman–Crippen LogP) is 1.42. The fourth-order valence-corrected chi connectivity index (χ4v) is 3.34. The minimum atomic E-state index is -1.24. The molecule has 1 atom stereocenters. The molecule has 2 aromatic carbocycles. The molecule has 2 rings (SSSR count). The minimum Gasteiger partial charge on any atom is -0.480 e. The number of rotatable bonds is 16. The highest BCUT2D eigenvalue weighted by molar-refractivity contribution is 5.82. The van der Waals surface area contributed by atoms with Crippen molar-refractivity contribution >= 4 is 41.2 Å². The van der Waals surface area contributed by atoms with E-state index in [9.17, 15) is 39.3 Å². The maximum absolute atomic E-state index is 12.2. The summed E-state index contributed by atoms with van der Waals surface area (Å²) in [5.74, 6) is -4.96. The molecular weight excluding hydrogens is 520 g/mol. The van der Waals surface area contributed by atoms with Gasteiger partial charge in [-0.1, -0.05) is 24.3 Å². The summed E-state index contributed by atoms with van der Waals surface area (Å²) in [4.78, 5) is 59.4. The third-order valence-corrected chi connectivity index (χ3v) is 4.78. The second-order valence-electron chi connectivity index (χ2n) is 7.90. The zero-order valence-electron chi connectivity index (χ0n) is 21.1. The number of carbonyl (C=O) groups excluding carboxylic acids is 2. The SMILES string of the molecule is CC(=O)OCOC(=O)CN(CC(=O)O)c1ccccc1OC(C)Oc1ccccc1N(CC(=O)O)CC(=O)O. The lowest BCUT2D eigenvalue weighted by molar-refractivity contribution is -0.164. The summed E-state index contributed by atoms with van der Waals surface area (Å²) in [6.07, 6.45) is -1.04. The first kappa shape index (κ1) is 30.2. The fourth-order valence-electron chi connectivity index (χ4n) is 3.34. The standard InChI is InChI=1S/C25H28N2O12/c1-16(28)36-15-37-25(35)14-27(13-24(33)34)19-8-4-6-10-21(19)39-17(2)38-20-9-5-3-7-18(20)26(11-22(29)30)12-23(31)32/h3-10,17H,11-15H2,1-2H3,(H,29,30)(H,31,32)(H,33,34). The van der Waals surface area contributed by atoms with Crippen LogP contribution in [0.4, 0.5) is 11.4 Å². The third kappa shape index (κ3) is 10.5. The van der Waals surface area contributed by atoms with Gasteiger partial charge in [0.15, 0.2) is 0 Å². The molecule has 0 aliphatic heterocycles. The van der Waals surface area contributed by atoms with Crippen molar-refractivity contribution in [2.24, 2.45) is 0 Å². The molecule has 0 amide bonds. The summed E-state index contributed by atoms with van der Waals surface area (Å²) >= 11 is 0. The summed E-state index contributed by atoms with van der Waals surface area (Å²) in [6.45, 7) is -0.272. The highest BCUT2D eigenvalue weighted by Gasteiger charge is 2.22. The monoisotopic (exact) mass is 548 g/mol. The van der Waals surface area contributed by atoms with Gasteiger partial charge in [0.05, 0.1) is 11.4 Å². The summed E-state index contributed by atoms with van der Waals surface area (Å²) in [6, 6.07) is 12.4. The molecule has 2 aromatic rings. The molecule has 14 nitrogen and oxygen atoms in total. The number of ether oxygens (including phenoxy) is 4. The van der Waals surface area contributed by atoms with Crippen molar-refractivity contribution in [1.82, 2.24) is 0 Å². The van der Waals surface area contributed by atoms with Crippen molar-refractivity contribution in [3.05, 3.63) is 48.5 Å². The number of hydrogen-bond donors (Lipinski definition) is 3. The molecular formula is C25H28N2O12. The molecule has 0 heterocycles. The molecule has 0 aliphatic rings. The van der Waals surface area contributed by atoms with Gasteiger partial charge in [0, 0.05) is 13.8 Å². The molecule has 0 saturated heterocycles. The van der Waals surface area contributed by atoms with Gasteiger partial charge in [0.2, 0.25) is 13.1 Å². The van der Waals surface area contributed by atoms with Gasteiger partial charge in [-0.15, -0.1) is 0 Å². The quantitative estimate of drug-likeness (QED) is 0.202. The summed E-state index contributed by atoms with van der Waals surface area (Å²) < 4.78 is 21.1. The molecule has 0 spiro atoms. The van der Waals surface area contributed by atoms with Crippen LogP contribution >= 0.6 is 0 Å². The molecule has 0 aromatic heterocycles. The average molecular weight is 549 g/mol. The van der Waals surface area contributed by atoms with Crippen molar-refractivity contribution in [3.63, 3.8) is 0 Å². The molecule has 0 saturated carbocycles. The van der Waals surface area contributed by atoms with Gasteiger partial charge in [-0.2, -0.15) is 0 Å². The van der Waals surface area contributed by atoms with Crippen LogP contribution in [-0.4, -0.2) is 84.4 Å². The molecule has 0 fully saturated rings. The molecule has 0 aliphatic carbocycles. The number of nitrogens with zero attached hydrogens (tertiary/aromatic N) is 2. The number of carboxylic acid groups (broad SMARTS) is 3. The number of hydrogen-bond acceptors (Lipinski definition) is 11. The van der Waals surface area contributed by atoms with E-state index < -0.39 is 69.1 Å². The smallest absolute Gasteiger partial charge is 0.328 e. The van der Waals surface area contributed by atoms with Gasteiger partial charge in [-0.05, 0) is 24.3 Å². The first-order valence-corrected chi connectivity index (χ1v) is 11.4. The van der Waals surface area contributed by atoms with E-state index in [2.05, 4.69) is 4.74 Å². The van der Waals surface area contributed by atoms with Gasteiger partial charge in [-0.25, -0.2) is 0 Å². The van der Waals surface area contributed by atoms with Gasteiger partial charge in [-0.3, -0.25) is 24.0 Å². The highest BCUT2D eigenvalue weighted by Crippen LogP contribution is 2.32. The first-order chi connectivity index (χ1) is 18.5. The van der Waals surface area contributed by atoms with Crippen LogP contribution in [0, 0.1) is 0 Å². The van der Waals surface area contributed by atoms with Crippen molar-refractivity contribution < 1.29 is 58.2 Å². The van der Waals surface area contributed by atoms with Crippen molar-refractivity contribution in [2.45, 2.75) is 20.1 Å². The Labute approximate surface area is 222 Å². The maximum Gasteiger partial charge on any atom is 0.328 e. The normalized spacial score (nSPS) is 11.0. The van der Waals surface area contributed by atoms with E-state index in [0.717, 1.165) is 11.8 Å². The number of carbonyl (C=O) groups is 5. The Hall–Kier alpha value is -5.01. The van der Waals surface area contributed by atoms with Crippen LogP contribution in [0.2, 0.25) is 0 Å². The topological polar surface area (TPSA) is 189 Å². The highest BCUT2D eigenvalue weighted by atomic mass is 16.7. The summed E-state index contributed by atoms with van der Waals surface area (Å²) in [5.41, 5.74) is 0.417. The van der Waals surface area contributed by atoms with E-state index in [1.807, 2.05) is 0 Å². The predicted molar refractivity (Wildman–Crippen MR) is 134 cm³/mol. The Kier molecular flexibility index (Phi) is 11.4. The average Bonchev–Trinajstić information content (AvgIpc) is 2.83. The van der Waals surface area contributed by atoms with Crippen LogP contribution in [0.3, 0.4) is 0 Å². The third-order valence-electron chi connectivity index (χ3n) is 4.78. The lowest BCUT2D eigenvalue weighted by Gasteiger charge is -2.27. The van der Waals surface area contributed by atoms with E-state index in [1.165, 1.54) is 36.1 Å². The second-order valence-corrected chi connectivity index (χ2v) is 7.90. The first-order valence-electron chi connectivity index (χ1n) is 11.4. The summed E-state index contributed by atoms with van der Waals surface area (Å²) in [5, 5.41) is 27.8. The van der Waals surface area contributed by atoms with E-state index in [1.54, 1.807) is 24.3 Å². The number of esters is 2. The number of carboxylic acids is 3. The van der Waals surface area contributed by atoms with Gasteiger partial charge in [0.25, 0.3) is 0 Å². The van der Waals surface area contributed by atoms with Crippen LogP contribution in [-0.2, 0) is 33.4 Å². The Morgan fingerprint density at radius 1 is 0.692 bits per heavy atom. The van der Waals surface area contributed by atoms with Gasteiger partial charge < -0.3 is 44.1 Å². The van der Waals surface area contributed by atoms with Gasteiger partial charge >= 0.3 is 29.8 Å². The van der Waals surface area contributed by atoms with Crippen molar-refractivity contribution in [1.29, 1.82) is 0 Å². The largest absolute Gasteiger partial charge is 0.480 e. The Bertz CT molecular complexity index is 1170. The van der Waals surface area contributed by atoms with E-state index in [0.29, 0.717) is 0 Å². The lowest BCUT2D eigenvalue weighted by Crippen LogP contribution is -2.36. The van der Waals surface area contributed by atoms with Crippen molar-refractivity contribution in [2.75, 3.05) is 42.8 Å². The minimum absolute atomic E-state index is 0.140. The molecule has 0 bridgehead atoms. The van der Waals surface area contributed by atoms with Crippen LogP contribution in [0.5, 0.6) is 11.5 Å². The Morgan fingerprint density at radius 3 is 1.51 bits per heavy atom. The second kappa shape index (κ2) is 14.7. The number of benzene rings is 2. The molecule has 1 unspecified atom stereocenters. The zero-order chi connectivity index (χ0) is 28.9. The molecule has 0 radical (unpaired) electrons. The van der Waals surface area contributed by atoms with Crippen LogP contribution < -0.4 is 19.3 Å². The van der Waals surface area contributed by atoms with Crippen molar-refractivity contribution in [3.8, 4) is 11.5 Å².